The van der Waals surface area contributed by atoms with Crippen LogP contribution in [0.25, 0.3) is 11.3 Å². The number of benzene rings is 2. The monoisotopic (exact) mass is 391 g/mol. The zero-order chi connectivity index (χ0) is 19.5. The van der Waals surface area contributed by atoms with Crippen molar-refractivity contribution < 1.29 is 4.79 Å². The van der Waals surface area contributed by atoms with Crippen LogP contribution in [0.15, 0.2) is 66.7 Å². The number of rotatable bonds is 3. The highest BCUT2D eigenvalue weighted by atomic mass is 35.5. The molecule has 0 bridgehead atoms. The van der Waals surface area contributed by atoms with Crippen molar-refractivity contribution in [2.24, 2.45) is 0 Å². The van der Waals surface area contributed by atoms with E-state index in [1.165, 1.54) is 0 Å². The fourth-order valence-corrected chi connectivity index (χ4v) is 3.74. The number of piperazine rings is 1. The van der Waals surface area contributed by atoms with Crippen LogP contribution in [0.1, 0.15) is 16.1 Å². The smallest absolute Gasteiger partial charge is 0.256 e. The molecule has 0 spiro atoms. The molecular formula is C23H22ClN3O. The molecule has 28 heavy (non-hydrogen) atoms. The van der Waals surface area contributed by atoms with E-state index in [2.05, 4.69) is 16.0 Å². The first-order chi connectivity index (χ1) is 13.6. The summed E-state index contributed by atoms with van der Waals surface area (Å²) in [5.74, 6) is 0.0390. The van der Waals surface area contributed by atoms with Crippen LogP contribution in [-0.4, -0.2) is 42.0 Å². The van der Waals surface area contributed by atoms with Crippen LogP contribution < -0.4 is 4.90 Å². The normalized spacial score (nSPS) is 14.2. The van der Waals surface area contributed by atoms with Crippen LogP contribution in [0.3, 0.4) is 0 Å². The van der Waals surface area contributed by atoms with Crippen molar-refractivity contribution in [2.75, 3.05) is 31.1 Å². The van der Waals surface area contributed by atoms with Crippen molar-refractivity contribution in [2.45, 2.75) is 6.92 Å². The van der Waals surface area contributed by atoms with Crippen LogP contribution in [0.2, 0.25) is 5.02 Å². The second-order valence-electron chi connectivity index (χ2n) is 6.97. The molecule has 4 nitrogen and oxygen atoms in total. The Morgan fingerprint density at radius 3 is 2.39 bits per heavy atom. The second kappa shape index (κ2) is 8.03. The lowest BCUT2D eigenvalue weighted by Gasteiger charge is -2.36. The molecule has 1 fully saturated rings. The summed E-state index contributed by atoms with van der Waals surface area (Å²) >= 11 is 6.11. The van der Waals surface area contributed by atoms with Crippen molar-refractivity contribution in [3.63, 3.8) is 0 Å². The van der Waals surface area contributed by atoms with E-state index in [0.29, 0.717) is 18.7 Å². The highest BCUT2D eigenvalue weighted by molar-refractivity contribution is 6.30. The standard InChI is InChI=1S/C23H22ClN3O/c1-17-10-11-21(22(25-17)18-6-3-2-4-7-18)23(28)27-14-12-26(13-15-27)20-9-5-8-19(24)16-20/h2-11,16H,12-15H2,1H3. The van der Waals surface area contributed by atoms with Crippen molar-refractivity contribution in [1.29, 1.82) is 0 Å². The summed E-state index contributed by atoms with van der Waals surface area (Å²) in [5.41, 5.74) is 4.38. The van der Waals surface area contributed by atoms with E-state index in [0.717, 1.165) is 40.8 Å². The molecule has 1 amide bonds. The average molecular weight is 392 g/mol. The third-order valence-electron chi connectivity index (χ3n) is 5.05. The second-order valence-corrected chi connectivity index (χ2v) is 7.41. The van der Waals surface area contributed by atoms with Gasteiger partial charge in [0.05, 0.1) is 11.3 Å². The predicted molar refractivity (Wildman–Crippen MR) is 114 cm³/mol. The van der Waals surface area contributed by atoms with Gasteiger partial charge < -0.3 is 9.80 Å². The summed E-state index contributed by atoms with van der Waals surface area (Å²) in [5, 5.41) is 0.731. The zero-order valence-electron chi connectivity index (χ0n) is 15.8. The maximum atomic E-state index is 13.2. The molecule has 1 saturated heterocycles. The number of hydrogen-bond donors (Lipinski definition) is 0. The molecule has 3 aromatic rings. The van der Waals surface area contributed by atoms with Gasteiger partial charge in [-0.05, 0) is 37.3 Å². The number of pyridine rings is 1. The van der Waals surface area contributed by atoms with Gasteiger partial charge in [0.1, 0.15) is 0 Å². The van der Waals surface area contributed by atoms with Crippen molar-refractivity contribution >= 4 is 23.2 Å². The van der Waals surface area contributed by atoms with E-state index < -0.39 is 0 Å². The zero-order valence-corrected chi connectivity index (χ0v) is 16.6. The van der Waals surface area contributed by atoms with Gasteiger partial charge in [0.25, 0.3) is 5.91 Å². The first-order valence-electron chi connectivity index (χ1n) is 9.45. The van der Waals surface area contributed by atoms with Crippen molar-refractivity contribution in [3.8, 4) is 11.3 Å². The van der Waals surface area contributed by atoms with Crippen molar-refractivity contribution in [1.82, 2.24) is 9.88 Å². The van der Waals surface area contributed by atoms with E-state index >= 15 is 0 Å². The number of hydrogen-bond acceptors (Lipinski definition) is 3. The SMILES string of the molecule is Cc1ccc(C(=O)N2CCN(c3cccc(Cl)c3)CC2)c(-c2ccccc2)n1. The number of carbonyl (C=O) groups excluding carboxylic acids is 1. The van der Waals surface area contributed by atoms with E-state index in [1.807, 2.05) is 72.5 Å². The number of halogens is 1. The molecule has 0 saturated carbocycles. The molecule has 142 valence electrons. The summed E-state index contributed by atoms with van der Waals surface area (Å²) in [6, 6.07) is 21.6. The van der Waals surface area contributed by atoms with Gasteiger partial charge in [-0.3, -0.25) is 9.78 Å². The van der Waals surface area contributed by atoms with Crippen LogP contribution >= 0.6 is 11.6 Å². The number of aryl methyl sites for hydroxylation is 1. The van der Waals surface area contributed by atoms with Gasteiger partial charge in [-0.25, -0.2) is 0 Å². The topological polar surface area (TPSA) is 36.4 Å². The van der Waals surface area contributed by atoms with Crippen LogP contribution in [0.5, 0.6) is 0 Å². The van der Waals surface area contributed by atoms with Crippen LogP contribution in [0, 0.1) is 6.92 Å². The van der Waals surface area contributed by atoms with Gasteiger partial charge in [0.2, 0.25) is 0 Å². The maximum Gasteiger partial charge on any atom is 0.256 e. The molecule has 2 aromatic carbocycles. The third kappa shape index (κ3) is 3.87. The lowest BCUT2D eigenvalue weighted by atomic mass is 10.0. The highest BCUT2D eigenvalue weighted by Gasteiger charge is 2.25. The van der Waals surface area contributed by atoms with Crippen LogP contribution in [0.4, 0.5) is 5.69 Å². The molecular weight excluding hydrogens is 370 g/mol. The lowest BCUT2D eigenvalue weighted by molar-refractivity contribution is 0.0747. The molecule has 5 heteroatoms. The molecule has 0 radical (unpaired) electrons. The minimum Gasteiger partial charge on any atom is -0.368 e. The Labute approximate surface area is 170 Å². The summed E-state index contributed by atoms with van der Waals surface area (Å²) in [6.07, 6.45) is 0. The van der Waals surface area contributed by atoms with Gasteiger partial charge in [0.15, 0.2) is 0 Å². The molecule has 1 aromatic heterocycles. The number of aromatic nitrogens is 1. The molecule has 0 aliphatic carbocycles. The lowest BCUT2D eigenvalue weighted by Crippen LogP contribution is -2.49. The Morgan fingerprint density at radius 1 is 0.929 bits per heavy atom. The molecule has 1 aliphatic rings. The molecule has 4 rings (SSSR count). The predicted octanol–water partition coefficient (Wildman–Crippen LogP) is 4.67. The summed E-state index contributed by atoms with van der Waals surface area (Å²) in [4.78, 5) is 22.1. The van der Waals surface area contributed by atoms with Gasteiger partial charge in [-0.2, -0.15) is 0 Å². The van der Waals surface area contributed by atoms with Gasteiger partial charge in [0, 0.05) is 48.1 Å². The fourth-order valence-electron chi connectivity index (χ4n) is 3.56. The molecule has 0 N–H and O–H groups in total. The van der Waals surface area contributed by atoms with E-state index in [-0.39, 0.29) is 5.91 Å². The molecule has 0 atom stereocenters. The maximum absolute atomic E-state index is 13.2. The first-order valence-corrected chi connectivity index (χ1v) is 9.82. The Morgan fingerprint density at radius 2 is 1.68 bits per heavy atom. The Kier molecular flexibility index (Phi) is 5.31. The number of amides is 1. The molecule has 1 aliphatic heterocycles. The van der Waals surface area contributed by atoms with Gasteiger partial charge >= 0.3 is 0 Å². The summed E-state index contributed by atoms with van der Waals surface area (Å²) < 4.78 is 0. The van der Waals surface area contributed by atoms with Gasteiger partial charge in [-0.1, -0.05) is 48.0 Å². The Bertz CT molecular complexity index is 982. The highest BCUT2D eigenvalue weighted by Crippen LogP contribution is 2.25. The minimum atomic E-state index is 0.0390. The molecule has 2 heterocycles. The van der Waals surface area contributed by atoms with E-state index in [1.54, 1.807) is 0 Å². The average Bonchev–Trinajstić information content (AvgIpc) is 2.74. The number of carbonyl (C=O) groups is 1. The van der Waals surface area contributed by atoms with Crippen molar-refractivity contribution in [3.05, 3.63) is 83.0 Å². The summed E-state index contributed by atoms with van der Waals surface area (Å²) in [7, 11) is 0. The van der Waals surface area contributed by atoms with Gasteiger partial charge in [-0.15, -0.1) is 0 Å². The number of anilines is 1. The van der Waals surface area contributed by atoms with Crippen LogP contribution in [-0.2, 0) is 0 Å². The number of nitrogens with zero attached hydrogens (tertiary/aromatic N) is 3. The fraction of sp³-hybridized carbons (Fsp3) is 0.217. The van der Waals surface area contributed by atoms with E-state index in [4.69, 9.17) is 11.6 Å². The van der Waals surface area contributed by atoms with E-state index in [9.17, 15) is 4.79 Å². The Balaban J connectivity index is 1.53. The first kappa shape index (κ1) is 18.5. The quantitative estimate of drug-likeness (QED) is 0.650. The third-order valence-corrected chi connectivity index (χ3v) is 5.29. The molecule has 0 unspecified atom stereocenters. The summed E-state index contributed by atoms with van der Waals surface area (Å²) in [6.45, 7) is 4.86. The minimum absolute atomic E-state index is 0.0390. The largest absolute Gasteiger partial charge is 0.368 e. The Hall–Kier alpha value is -2.85.